The molecule has 1 aliphatic carbocycles. The molecule has 1 amide bonds. The molecular formula is C20H22N6O2. The minimum Gasteiger partial charge on any atom is -0.348 e. The number of nitrogens with zero attached hydrogens (tertiary/aromatic N) is 4. The second-order valence-corrected chi connectivity index (χ2v) is 7.02. The first-order valence-electron chi connectivity index (χ1n) is 9.40. The Hall–Kier alpha value is -3.29. The van der Waals surface area contributed by atoms with E-state index in [1.165, 1.54) is 5.56 Å². The number of tetrazole rings is 1. The normalized spacial score (nSPS) is 13.4. The van der Waals surface area contributed by atoms with Gasteiger partial charge in [-0.1, -0.05) is 35.5 Å². The van der Waals surface area contributed by atoms with Crippen molar-refractivity contribution >= 4 is 11.7 Å². The second kappa shape index (κ2) is 7.75. The predicted molar refractivity (Wildman–Crippen MR) is 102 cm³/mol. The summed E-state index contributed by atoms with van der Waals surface area (Å²) in [5.41, 5.74) is 4.79. The van der Waals surface area contributed by atoms with Gasteiger partial charge >= 0.3 is 0 Å². The van der Waals surface area contributed by atoms with Crippen LogP contribution in [0.15, 0.2) is 30.3 Å². The first-order valence-corrected chi connectivity index (χ1v) is 9.40. The average Bonchev–Trinajstić information content (AvgIpc) is 3.31. The topological polar surface area (TPSA) is 106 Å². The predicted octanol–water partition coefficient (Wildman–Crippen LogP) is 1.74. The number of aromatic nitrogens is 5. The van der Waals surface area contributed by atoms with Gasteiger partial charge in [0.15, 0.2) is 11.6 Å². The first-order chi connectivity index (χ1) is 13.6. The number of fused-ring (bicyclic) bond motifs is 1. The van der Waals surface area contributed by atoms with Crippen LogP contribution in [0.3, 0.4) is 0 Å². The molecule has 28 heavy (non-hydrogen) atoms. The molecule has 1 aromatic carbocycles. The number of aromatic amines is 1. The van der Waals surface area contributed by atoms with E-state index in [1.54, 1.807) is 0 Å². The molecule has 144 valence electrons. The van der Waals surface area contributed by atoms with Gasteiger partial charge in [-0.05, 0) is 30.9 Å². The molecule has 2 N–H and O–H groups in total. The Kier molecular flexibility index (Phi) is 5.01. The molecule has 0 fully saturated rings. The third-order valence-corrected chi connectivity index (χ3v) is 5.21. The highest BCUT2D eigenvalue weighted by atomic mass is 16.1. The van der Waals surface area contributed by atoms with Gasteiger partial charge in [0.2, 0.25) is 5.91 Å². The Morgan fingerprint density at radius 2 is 2.07 bits per heavy atom. The Labute approximate surface area is 162 Å². The molecule has 3 aromatic rings. The third-order valence-electron chi connectivity index (χ3n) is 5.21. The minimum atomic E-state index is -0.161. The molecule has 4 rings (SSSR count). The summed E-state index contributed by atoms with van der Waals surface area (Å²) in [7, 11) is 0. The number of Topliss-reactive ketones (excluding diaryl/α,β-unsaturated/α-hetero) is 1. The van der Waals surface area contributed by atoms with Crippen LogP contribution in [-0.2, 0) is 30.7 Å². The van der Waals surface area contributed by atoms with Crippen molar-refractivity contribution in [3.63, 3.8) is 0 Å². The summed E-state index contributed by atoms with van der Waals surface area (Å²) < 4.78 is 2.20. The van der Waals surface area contributed by atoms with Crippen molar-refractivity contribution in [2.24, 2.45) is 0 Å². The maximum Gasteiger partial charge on any atom is 0.224 e. The highest BCUT2D eigenvalue weighted by Gasteiger charge is 2.29. The molecule has 8 heteroatoms. The first kappa shape index (κ1) is 18.1. The number of ketones is 1. The molecular weight excluding hydrogens is 356 g/mol. The molecule has 0 saturated heterocycles. The Morgan fingerprint density at radius 3 is 2.82 bits per heavy atom. The molecule has 2 heterocycles. The summed E-state index contributed by atoms with van der Waals surface area (Å²) >= 11 is 0. The summed E-state index contributed by atoms with van der Waals surface area (Å²) in [6.45, 7) is 2.90. The molecule has 2 aromatic heterocycles. The standard InChI is InChI=1S/C20H22N6O2/c1-13-15(10-19(28)21-11-18-22-24-25-23-18)20-16(8-5-9-17(20)27)26(13)12-14-6-3-2-4-7-14/h2-4,6-7H,5,8-12H2,1H3,(H,21,28)(H,22,23,24,25). The molecule has 0 unspecified atom stereocenters. The molecule has 1 aliphatic rings. The molecule has 0 bridgehead atoms. The van der Waals surface area contributed by atoms with E-state index in [1.807, 2.05) is 25.1 Å². The number of amides is 1. The van der Waals surface area contributed by atoms with E-state index >= 15 is 0 Å². The van der Waals surface area contributed by atoms with Crippen molar-refractivity contribution < 1.29 is 9.59 Å². The number of H-pyrrole nitrogens is 1. The van der Waals surface area contributed by atoms with Crippen molar-refractivity contribution in [1.29, 1.82) is 0 Å². The molecule has 0 spiro atoms. The number of rotatable bonds is 6. The van der Waals surface area contributed by atoms with E-state index in [-0.39, 0.29) is 24.7 Å². The van der Waals surface area contributed by atoms with Crippen LogP contribution in [-0.4, -0.2) is 36.9 Å². The third kappa shape index (κ3) is 3.58. The maximum atomic E-state index is 12.7. The monoisotopic (exact) mass is 378 g/mol. The maximum absolute atomic E-state index is 12.7. The lowest BCUT2D eigenvalue weighted by Gasteiger charge is -2.16. The van der Waals surface area contributed by atoms with E-state index < -0.39 is 0 Å². The van der Waals surface area contributed by atoms with Gasteiger partial charge < -0.3 is 9.88 Å². The minimum absolute atomic E-state index is 0.136. The second-order valence-electron chi connectivity index (χ2n) is 7.02. The SMILES string of the molecule is Cc1c(CC(=O)NCc2nn[nH]n2)c2c(n1Cc1ccccc1)CCCC2=O. The zero-order chi connectivity index (χ0) is 19.5. The van der Waals surface area contributed by atoms with E-state index in [2.05, 4.69) is 42.6 Å². The van der Waals surface area contributed by atoms with E-state index in [4.69, 9.17) is 0 Å². The van der Waals surface area contributed by atoms with Crippen LogP contribution in [0.2, 0.25) is 0 Å². The summed E-state index contributed by atoms with van der Waals surface area (Å²) in [5.74, 6) is 0.396. The lowest BCUT2D eigenvalue weighted by Crippen LogP contribution is -2.26. The summed E-state index contributed by atoms with van der Waals surface area (Å²) in [4.78, 5) is 25.2. The molecule has 0 saturated carbocycles. The quantitative estimate of drug-likeness (QED) is 0.680. The highest BCUT2D eigenvalue weighted by molar-refractivity contribution is 6.01. The van der Waals surface area contributed by atoms with Crippen LogP contribution >= 0.6 is 0 Å². The van der Waals surface area contributed by atoms with E-state index in [0.717, 1.165) is 35.4 Å². The Morgan fingerprint density at radius 1 is 1.25 bits per heavy atom. The van der Waals surface area contributed by atoms with Gasteiger partial charge in [-0.2, -0.15) is 5.21 Å². The van der Waals surface area contributed by atoms with Crippen LogP contribution in [0.4, 0.5) is 0 Å². The molecule has 0 aliphatic heterocycles. The number of hydrogen-bond acceptors (Lipinski definition) is 5. The largest absolute Gasteiger partial charge is 0.348 e. The molecule has 0 radical (unpaired) electrons. The Balaban J connectivity index is 1.61. The van der Waals surface area contributed by atoms with E-state index in [9.17, 15) is 9.59 Å². The van der Waals surface area contributed by atoms with Crippen LogP contribution in [0.1, 0.15) is 51.5 Å². The summed E-state index contributed by atoms with van der Waals surface area (Å²) in [6.07, 6.45) is 2.42. The summed E-state index contributed by atoms with van der Waals surface area (Å²) in [6, 6.07) is 10.2. The average molecular weight is 378 g/mol. The molecule has 8 nitrogen and oxygen atoms in total. The van der Waals surface area contributed by atoms with Crippen molar-refractivity contribution in [3.05, 3.63) is 64.2 Å². The number of benzene rings is 1. The highest BCUT2D eigenvalue weighted by Crippen LogP contribution is 2.31. The van der Waals surface area contributed by atoms with Crippen molar-refractivity contribution in [1.82, 2.24) is 30.5 Å². The van der Waals surface area contributed by atoms with E-state index in [0.29, 0.717) is 18.8 Å². The number of carbonyl (C=O) groups is 2. The van der Waals surface area contributed by atoms with Crippen molar-refractivity contribution in [2.75, 3.05) is 0 Å². The van der Waals surface area contributed by atoms with Crippen LogP contribution in [0.25, 0.3) is 0 Å². The zero-order valence-electron chi connectivity index (χ0n) is 15.7. The smallest absolute Gasteiger partial charge is 0.224 e. The van der Waals surface area contributed by atoms with Gasteiger partial charge in [-0.3, -0.25) is 9.59 Å². The van der Waals surface area contributed by atoms with Crippen LogP contribution < -0.4 is 5.32 Å². The fourth-order valence-corrected chi connectivity index (χ4v) is 3.84. The summed E-state index contributed by atoms with van der Waals surface area (Å²) in [5, 5.41) is 16.3. The lowest BCUT2D eigenvalue weighted by molar-refractivity contribution is -0.120. The van der Waals surface area contributed by atoms with Gasteiger partial charge in [0.05, 0.1) is 13.0 Å². The number of nitrogens with one attached hydrogen (secondary N) is 2. The number of carbonyl (C=O) groups excluding carboxylic acids is 2. The Bertz CT molecular complexity index is 992. The van der Waals surface area contributed by atoms with Crippen molar-refractivity contribution in [2.45, 2.75) is 45.7 Å². The van der Waals surface area contributed by atoms with Gasteiger partial charge in [-0.25, -0.2) is 0 Å². The fraction of sp³-hybridized carbons (Fsp3) is 0.350. The zero-order valence-corrected chi connectivity index (χ0v) is 15.7. The number of hydrogen-bond donors (Lipinski definition) is 2. The lowest BCUT2D eigenvalue weighted by atomic mass is 9.92. The van der Waals surface area contributed by atoms with Crippen LogP contribution in [0.5, 0.6) is 0 Å². The van der Waals surface area contributed by atoms with Gasteiger partial charge in [0.1, 0.15) is 0 Å². The molecule has 0 atom stereocenters. The van der Waals surface area contributed by atoms with Crippen molar-refractivity contribution in [3.8, 4) is 0 Å². The fourth-order valence-electron chi connectivity index (χ4n) is 3.84. The van der Waals surface area contributed by atoms with Gasteiger partial charge in [0.25, 0.3) is 0 Å². The van der Waals surface area contributed by atoms with Gasteiger partial charge in [0, 0.05) is 29.9 Å². The van der Waals surface area contributed by atoms with Gasteiger partial charge in [-0.15, -0.1) is 10.2 Å². The van der Waals surface area contributed by atoms with Crippen LogP contribution in [0, 0.1) is 6.92 Å².